The van der Waals surface area contributed by atoms with Crippen LogP contribution in [0.4, 0.5) is 0 Å². The van der Waals surface area contributed by atoms with Gasteiger partial charge in [-0.1, -0.05) is 25.1 Å². The van der Waals surface area contributed by atoms with Crippen molar-refractivity contribution < 1.29 is 4.74 Å². The SMILES string of the molecule is CCc1nc(COc2ccn(C3=Cc4ccc(CN(C)C)cc4CC3)c(=O)c2)cs1. The molecule has 0 unspecified atom stereocenters. The fourth-order valence-electron chi connectivity index (χ4n) is 3.71. The lowest BCUT2D eigenvalue weighted by Crippen LogP contribution is -2.19. The lowest BCUT2D eigenvalue weighted by molar-refractivity contribution is 0.301. The van der Waals surface area contributed by atoms with Crippen molar-refractivity contribution in [1.29, 1.82) is 0 Å². The predicted molar refractivity (Wildman–Crippen MR) is 123 cm³/mol. The summed E-state index contributed by atoms with van der Waals surface area (Å²) in [4.78, 5) is 19.4. The summed E-state index contributed by atoms with van der Waals surface area (Å²) < 4.78 is 7.51. The van der Waals surface area contributed by atoms with Crippen molar-refractivity contribution in [2.24, 2.45) is 0 Å². The van der Waals surface area contributed by atoms with Crippen LogP contribution in [0.5, 0.6) is 5.75 Å². The lowest BCUT2D eigenvalue weighted by atomic mass is 9.93. The van der Waals surface area contributed by atoms with Gasteiger partial charge in [0.1, 0.15) is 12.4 Å². The van der Waals surface area contributed by atoms with E-state index in [1.807, 2.05) is 17.6 Å². The number of benzene rings is 1. The second kappa shape index (κ2) is 8.98. The van der Waals surface area contributed by atoms with Gasteiger partial charge in [-0.25, -0.2) is 4.98 Å². The van der Waals surface area contributed by atoms with E-state index in [0.29, 0.717) is 12.4 Å². The molecule has 1 aliphatic rings. The Balaban J connectivity index is 1.49. The highest BCUT2D eigenvalue weighted by Crippen LogP contribution is 2.27. The fourth-order valence-corrected chi connectivity index (χ4v) is 4.44. The zero-order valence-corrected chi connectivity index (χ0v) is 18.5. The minimum Gasteiger partial charge on any atom is -0.487 e. The number of ether oxygens (including phenoxy) is 1. The largest absolute Gasteiger partial charge is 0.487 e. The molecular formula is C24H27N3O2S. The standard InChI is InChI=1S/C24H27N3O2S/c1-4-23-25-20(16-30-23)15-29-22-9-10-27(24(28)13-22)21-8-7-18-11-17(14-26(2)3)5-6-19(18)12-21/h5-6,9-13,16H,4,7-8,14-15H2,1-3H3. The Hall–Kier alpha value is -2.70. The molecule has 0 N–H and O–H groups in total. The maximum Gasteiger partial charge on any atom is 0.258 e. The summed E-state index contributed by atoms with van der Waals surface area (Å²) in [7, 11) is 4.16. The van der Waals surface area contributed by atoms with Gasteiger partial charge in [-0.15, -0.1) is 11.3 Å². The van der Waals surface area contributed by atoms with E-state index in [-0.39, 0.29) is 5.56 Å². The maximum absolute atomic E-state index is 12.7. The first-order chi connectivity index (χ1) is 14.5. The molecule has 4 rings (SSSR count). The molecule has 156 valence electrons. The molecule has 0 saturated heterocycles. The molecule has 30 heavy (non-hydrogen) atoms. The summed E-state index contributed by atoms with van der Waals surface area (Å²) in [5.74, 6) is 0.576. The van der Waals surface area contributed by atoms with Crippen molar-refractivity contribution in [2.75, 3.05) is 14.1 Å². The van der Waals surface area contributed by atoms with Gasteiger partial charge < -0.3 is 9.64 Å². The van der Waals surface area contributed by atoms with Gasteiger partial charge in [0.2, 0.25) is 0 Å². The first kappa shape index (κ1) is 20.6. The molecule has 0 aliphatic heterocycles. The van der Waals surface area contributed by atoms with E-state index in [1.165, 1.54) is 16.7 Å². The van der Waals surface area contributed by atoms with E-state index in [0.717, 1.165) is 42.2 Å². The first-order valence-electron chi connectivity index (χ1n) is 10.3. The number of thiazole rings is 1. The van der Waals surface area contributed by atoms with Crippen LogP contribution >= 0.6 is 11.3 Å². The van der Waals surface area contributed by atoms with Gasteiger partial charge in [-0.3, -0.25) is 9.36 Å². The van der Waals surface area contributed by atoms with Crippen molar-refractivity contribution in [3.8, 4) is 5.75 Å². The average molecular weight is 422 g/mol. The maximum atomic E-state index is 12.7. The Morgan fingerprint density at radius 2 is 2.07 bits per heavy atom. The van der Waals surface area contributed by atoms with Gasteiger partial charge >= 0.3 is 0 Å². The van der Waals surface area contributed by atoms with Crippen LogP contribution in [0, 0.1) is 0 Å². The van der Waals surface area contributed by atoms with Crippen LogP contribution in [-0.4, -0.2) is 28.5 Å². The van der Waals surface area contributed by atoms with E-state index < -0.39 is 0 Å². The van der Waals surface area contributed by atoms with Gasteiger partial charge in [0, 0.05) is 29.9 Å². The molecule has 0 fully saturated rings. The van der Waals surface area contributed by atoms with Gasteiger partial charge in [0.15, 0.2) is 0 Å². The molecule has 0 bridgehead atoms. The quantitative estimate of drug-likeness (QED) is 0.565. The lowest BCUT2D eigenvalue weighted by Gasteiger charge is -2.20. The van der Waals surface area contributed by atoms with Crippen molar-refractivity contribution in [1.82, 2.24) is 14.5 Å². The number of pyridine rings is 1. The highest BCUT2D eigenvalue weighted by Gasteiger charge is 2.14. The molecule has 0 radical (unpaired) electrons. The van der Waals surface area contributed by atoms with Crippen LogP contribution in [0.1, 0.15) is 40.7 Å². The Bertz CT molecular complexity index is 1130. The van der Waals surface area contributed by atoms with Gasteiger partial charge in [-0.05, 0) is 62.2 Å². The normalized spacial score (nSPS) is 13.3. The monoisotopic (exact) mass is 421 g/mol. The number of aryl methyl sites for hydroxylation is 2. The molecule has 2 aromatic heterocycles. The molecule has 6 heteroatoms. The number of fused-ring (bicyclic) bond motifs is 1. The van der Waals surface area contributed by atoms with E-state index in [4.69, 9.17) is 4.74 Å². The number of nitrogens with zero attached hydrogens (tertiary/aromatic N) is 3. The smallest absolute Gasteiger partial charge is 0.258 e. The van der Waals surface area contributed by atoms with E-state index in [2.05, 4.69) is 55.2 Å². The molecule has 0 saturated carbocycles. The van der Waals surface area contributed by atoms with Crippen LogP contribution in [0.3, 0.4) is 0 Å². The number of rotatable bonds is 7. The van der Waals surface area contributed by atoms with E-state index in [9.17, 15) is 4.79 Å². The molecule has 1 aromatic carbocycles. The van der Waals surface area contributed by atoms with Crippen LogP contribution < -0.4 is 10.3 Å². The van der Waals surface area contributed by atoms with Crippen LogP contribution in [0.25, 0.3) is 11.8 Å². The fraction of sp³-hybridized carbons (Fsp3) is 0.333. The third-order valence-corrected chi connectivity index (χ3v) is 6.21. The van der Waals surface area contributed by atoms with E-state index in [1.54, 1.807) is 22.0 Å². The Morgan fingerprint density at radius 1 is 1.20 bits per heavy atom. The highest BCUT2D eigenvalue weighted by molar-refractivity contribution is 7.09. The summed E-state index contributed by atoms with van der Waals surface area (Å²) in [5.41, 5.74) is 5.72. The summed E-state index contributed by atoms with van der Waals surface area (Å²) in [6, 6.07) is 10.0. The number of aromatic nitrogens is 2. The third-order valence-electron chi connectivity index (χ3n) is 5.17. The first-order valence-corrected chi connectivity index (χ1v) is 11.2. The molecule has 2 heterocycles. The molecule has 0 atom stereocenters. The van der Waals surface area contributed by atoms with Crippen molar-refractivity contribution >= 4 is 23.1 Å². The Kier molecular flexibility index (Phi) is 6.16. The Morgan fingerprint density at radius 3 is 2.80 bits per heavy atom. The van der Waals surface area contributed by atoms with Crippen LogP contribution in [0.2, 0.25) is 0 Å². The molecule has 0 spiro atoms. The molecule has 1 aliphatic carbocycles. The third kappa shape index (κ3) is 4.71. The van der Waals surface area contributed by atoms with Crippen LogP contribution in [0.15, 0.2) is 46.7 Å². The molecule has 0 amide bonds. The topological polar surface area (TPSA) is 47.4 Å². The second-order valence-corrected chi connectivity index (χ2v) is 8.79. The number of allylic oxidation sites excluding steroid dienone is 1. The Labute approximate surface area is 181 Å². The molecule has 5 nitrogen and oxygen atoms in total. The van der Waals surface area contributed by atoms with Crippen molar-refractivity contribution in [3.05, 3.63) is 79.7 Å². The molecule has 3 aromatic rings. The van der Waals surface area contributed by atoms with Crippen LogP contribution in [-0.2, 0) is 26.0 Å². The summed E-state index contributed by atoms with van der Waals surface area (Å²) in [6.45, 7) is 3.40. The van der Waals surface area contributed by atoms with Crippen molar-refractivity contribution in [2.45, 2.75) is 39.3 Å². The van der Waals surface area contributed by atoms with Crippen molar-refractivity contribution in [3.63, 3.8) is 0 Å². The van der Waals surface area contributed by atoms with Gasteiger partial charge in [0.25, 0.3) is 5.56 Å². The highest BCUT2D eigenvalue weighted by atomic mass is 32.1. The van der Waals surface area contributed by atoms with E-state index >= 15 is 0 Å². The minimum atomic E-state index is -0.0704. The predicted octanol–water partition coefficient (Wildman–Crippen LogP) is 4.45. The second-order valence-electron chi connectivity index (χ2n) is 7.85. The van der Waals surface area contributed by atoms with Gasteiger partial charge in [-0.2, -0.15) is 0 Å². The summed E-state index contributed by atoms with van der Waals surface area (Å²) in [5, 5.41) is 3.11. The number of hydrogen-bond donors (Lipinski definition) is 0. The number of hydrogen-bond acceptors (Lipinski definition) is 5. The summed E-state index contributed by atoms with van der Waals surface area (Å²) in [6.07, 6.45) is 6.65. The summed E-state index contributed by atoms with van der Waals surface area (Å²) >= 11 is 1.64. The average Bonchev–Trinajstić information content (AvgIpc) is 3.20. The zero-order valence-electron chi connectivity index (χ0n) is 17.7. The van der Waals surface area contributed by atoms with Gasteiger partial charge in [0.05, 0.1) is 10.7 Å². The minimum absolute atomic E-state index is 0.0704. The zero-order chi connectivity index (χ0) is 21.1. The molecular weight excluding hydrogens is 394 g/mol.